The zero-order valence-electron chi connectivity index (χ0n) is 12.2. The number of aliphatic hydroxyl groups is 1. The summed E-state index contributed by atoms with van der Waals surface area (Å²) >= 11 is 5.97. The van der Waals surface area contributed by atoms with Crippen molar-refractivity contribution < 1.29 is 9.84 Å². The summed E-state index contributed by atoms with van der Waals surface area (Å²) in [6.07, 6.45) is -0.681. The lowest BCUT2D eigenvalue weighted by Gasteiger charge is -2.24. The van der Waals surface area contributed by atoms with Crippen molar-refractivity contribution in [3.05, 3.63) is 64.2 Å². The molecule has 21 heavy (non-hydrogen) atoms. The fourth-order valence-corrected chi connectivity index (χ4v) is 2.73. The molecule has 2 atom stereocenters. The number of halogens is 1. The predicted molar refractivity (Wildman–Crippen MR) is 85.9 cm³/mol. The van der Waals surface area contributed by atoms with E-state index in [9.17, 15) is 5.11 Å². The van der Waals surface area contributed by atoms with Crippen LogP contribution in [0.4, 0.5) is 0 Å². The Morgan fingerprint density at radius 2 is 2.00 bits per heavy atom. The summed E-state index contributed by atoms with van der Waals surface area (Å²) in [6.45, 7) is 2.28. The summed E-state index contributed by atoms with van der Waals surface area (Å²) in [7, 11) is 1.62. The van der Waals surface area contributed by atoms with Gasteiger partial charge in [-0.3, -0.25) is 0 Å². The number of ether oxygens (including phenoxy) is 1. The van der Waals surface area contributed by atoms with E-state index in [2.05, 4.69) is 0 Å². The molecule has 2 rings (SSSR count). The van der Waals surface area contributed by atoms with Crippen molar-refractivity contribution in [2.45, 2.75) is 18.9 Å². The molecule has 2 aromatic carbocycles. The lowest BCUT2D eigenvalue weighted by molar-refractivity contribution is 0.146. The summed E-state index contributed by atoms with van der Waals surface area (Å²) in [5, 5.41) is 11.4. The van der Waals surface area contributed by atoms with Gasteiger partial charge in [-0.2, -0.15) is 0 Å². The van der Waals surface area contributed by atoms with Crippen LogP contribution in [0.3, 0.4) is 0 Å². The highest BCUT2D eigenvalue weighted by Gasteiger charge is 2.23. The van der Waals surface area contributed by atoms with Crippen LogP contribution < -0.4 is 10.5 Å². The maximum atomic E-state index is 10.7. The molecule has 4 heteroatoms. The Kier molecular flexibility index (Phi) is 5.23. The van der Waals surface area contributed by atoms with Gasteiger partial charge in [0.05, 0.1) is 13.2 Å². The molecule has 2 unspecified atom stereocenters. The van der Waals surface area contributed by atoms with E-state index in [0.717, 1.165) is 22.4 Å². The van der Waals surface area contributed by atoms with Crippen molar-refractivity contribution in [3.8, 4) is 5.75 Å². The second kappa shape index (κ2) is 6.94. The fraction of sp³-hybridized carbons (Fsp3) is 0.294. The zero-order valence-corrected chi connectivity index (χ0v) is 13.0. The van der Waals surface area contributed by atoms with Crippen LogP contribution in [-0.4, -0.2) is 18.8 Å². The van der Waals surface area contributed by atoms with Crippen molar-refractivity contribution >= 4 is 11.6 Å². The van der Waals surface area contributed by atoms with Gasteiger partial charge in [0, 0.05) is 17.5 Å². The summed E-state index contributed by atoms with van der Waals surface area (Å²) in [5.41, 5.74) is 8.64. The molecular formula is C17H20ClNO2. The lowest BCUT2D eigenvalue weighted by Crippen LogP contribution is -2.20. The van der Waals surface area contributed by atoms with Gasteiger partial charge in [-0.15, -0.1) is 0 Å². The maximum Gasteiger partial charge on any atom is 0.119 e. The van der Waals surface area contributed by atoms with Crippen molar-refractivity contribution in [3.63, 3.8) is 0 Å². The third-order valence-corrected chi connectivity index (χ3v) is 3.94. The Bertz CT molecular complexity index is 615. The van der Waals surface area contributed by atoms with E-state index in [1.807, 2.05) is 43.3 Å². The number of hydrogen-bond acceptors (Lipinski definition) is 3. The molecular weight excluding hydrogens is 286 g/mol. The summed E-state index contributed by atoms with van der Waals surface area (Å²) in [4.78, 5) is 0. The van der Waals surface area contributed by atoms with Crippen LogP contribution in [0.1, 0.15) is 28.7 Å². The van der Waals surface area contributed by atoms with Crippen LogP contribution in [0, 0.1) is 6.92 Å². The Labute approximate surface area is 130 Å². The number of benzene rings is 2. The number of rotatable bonds is 5. The molecule has 0 saturated carbocycles. The lowest BCUT2D eigenvalue weighted by atomic mass is 9.87. The second-order valence-electron chi connectivity index (χ2n) is 5.06. The van der Waals surface area contributed by atoms with Crippen LogP contribution in [0.2, 0.25) is 5.02 Å². The third-order valence-electron chi connectivity index (χ3n) is 3.71. The van der Waals surface area contributed by atoms with E-state index >= 15 is 0 Å². The fourth-order valence-electron chi connectivity index (χ4n) is 2.51. The Balaban J connectivity index is 2.35. The highest BCUT2D eigenvalue weighted by molar-refractivity contribution is 6.30. The topological polar surface area (TPSA) is 55.5 Å². The van der Waals surface area contributed by atoms with E-state index in [1.54, 1.807) is 13.2 Å². The van der Waals surface area contributed by atoms with E-state index in [-0.39, 0.29) is 5.92 Å². The van der Waals surface area contributed by atoms with Gasteiger partial charge >= 0.3 is 0 Å². The van der Waals surface area contributed by atoms with Crippen LogP contribution in [0.15, 0.2) is 42.5 Å². The average Bonchev–Trinajstić information content (AvgIpc) is 2.48. The first-order valence-electron chi connectivity index (χ1n) is 6.85. The van der Waals surface area contributed by atoms with Crippen molar-refractivity contribution in [2.24, 2.45) is 5.73 Å². The number of methoxy groups -OCH3 is 1. The first-order chi connectivity index (χ1) is 10.1. The molecule has 0 amide bonds. The van der Waals surface area contributed by atoms with Crippen molar-refractivity contribution in [1.82, 2.24) is 0 Å². The maximum absolute atomic E-state index is 10.7. The molecule has 0 radical (unpaired) electrons. The standard InChI is InChI=1S/C17H20ClNO2/c1-11-8-13(18)6-7-15(11)17(20)16(10-19)12-4-3-5-14(9-12)21-2/h3-9,16-17,20H,10,19H2,1-2H3. The van der Waals surface area contributed by atoms with Crippen LogP contribution >= 0.6 is 11.6 Å². The van der Waals surface area contributed by atoms with Crippen LogP contribution in [0.25, 0.3) is 0 Å². The Morgan fingerprint density at radius 3 is 2.62 bits per heavy atom. The average molecular weight is 306 g/mol. The van der Waals surface area contributed by atoms with Gasteiger partial charge < -0.3 is 15.6 Å². The number of hydrogen-bond donors (Lipinski definition) is 2. The Hall–Kier alpha value is -1.55. The van der Waals surface area contributed by atoms with E-state index < -0.39 is 6.10 Å². The monoisotopic (exact) mass is 305 g/mol. The number of nitrogens with two attached hydrogens (primary N) is 1. The van der Waals surface area contributed by atoms with E-state index in [0.29, 0.717) is 11.6 Å². The first kappa shape index (κ1) is 15.8. The number of aryl methyl sites for hydroxylation is 1. The van der Waals surface area contributed by atoms with Crippen molar-refractivity contribution in [1.29, 1.82) is 0 Å². The molecule has 3 nitrogen and oxygen atoms in total. The smallest absolute Gasteiger partial charge is 0.119 e. The highest BCUT2D eigenvalue weighted by atomic mass is 35.5. The molecule has 0 heterocycles. The van der Waals surface area contributed by atoms with Crippen LogP contribution in [0.5, 0.6) is 5.75 Å². The largest absolute Gasteiger partial charge is 0.497 e. The molecule has 2 aromatic rings. The molecule has 3 N–H and O–H groups in total. The molecule has 112 valence electrons. The SMILES string of the molecule is COc1cccc(C(CN)C(O)c2ccc(Cl)cc2C)c1. The van der Waals surface area contributed by atoms with Gasteiger partial charge in [0.1, 0.15) is 5.75 Å². The first-order valence-corrected chi connectivity index (χ1v) is 7.22. The predicted octanol–water partition coefficient (Wildman–Crippen LogP) is 3.43. The molecule has 0 saturated heterocycles. The van der Waals surface area contributed by atoms with E-state index in [1.165, 1.54) is 0 Å². The quantitative estimate of drug-likeness (QED) is 0.890. The summed E-state index contributed by atoms with van der Waals surface area (Å²) in [6, 6.07) is 13.1. The molecule has 0 aliphatic carbocycles. The summed E-state index contributed by atoms with van der Waals surface area (Å²) < 4.78 is 5.23. The van der Waals surface area contributed by atoms with Gasteiger partial charge in [0.2, 0.25) is 0 Å². The minimum Gasteiger partial charge on any atom is -0.497 e. The van der Waals surface area contributed by atoms with Crippen molar-refractivity contribution in [2.75, 3.05) is 13.7 Å². The van der Waals surface area contributed by atoms with Gasteiger partial charge in [-0.05, 0) is 47.9 Å². The number of aliphatic hydroxyl groups excluding tert-OH is 1. The molecule has 0 spiro atoms. The molecule has 0 aromatic heterocycles. The van der Waals surface area contributed by atoms with Crippen LogP contribution in [-0.2, 0) is 0 Å². The summed E-state index contributed by atoms with van der Waals surface area (Å²) in [5.74, 6) is 0.561. The highest BCUT2D eigenvalue weighted by Crippen LogP contribution is 2.34. The molecule has 0 fully saturated rings. The van der Waals surface area contributed by atoms with Gasteiger partial charge in [0.25, 0.3) is 0 Å². The molecule has 0 bridgehead atoms. The van der Waals surface area contributed by atoms with Gasteiger partial charge in [-0.25, -0.2) is 0 Å². The van der Waals surface area contributed by atoms with Gasteiger partial charge in [0.15, 0.2) is 0 Å². The minimum absolute atomic E-state index is 0.194. The normalized spacial score (nSPS) is 13.8. The minimum atomic E-state index is -0.681. The second-order valence-corrected chi connectivity index (χ2v) is 5.50. The zero-order chi connectivity index (χ0) is 15.4. The molecule has 0 aliphatic heterocycles. The Morgan fingerprint density at radius 1 is 1.24 bits per heavy atom. The van der Waals surface area contributed by atoms with Gasteiger partial charge in [-0.1, -0.05) is 29.8 Å². The molecule has 0 aliphatic rings. The van der Waals surface area contributed by atoms with E-state index in [4.69, 9.17) is 22.1 Å². The third kappa shape index (κ3) is 3.56.